The van der Waals surface area contributed by atoms with E-state index in [-0.39, 0.29) is 11.9 Å². The van der Waals surface area contributed by atoms with Gasteiger partial charge in [0.15, 0.2) is 0 Å². The zero-order chi connectivity index (χ0) is 10.7. The van der Waals surface area contributed by atoms with E-state index in [1.165, 1.54) is 11.1 Å². The van der Waals surface area contributed by atoms with Crippen molar-refractivity contribution in [2.45, 2.75) is 25.9 Å². The van der Waals surface area contributed by atoms with Crippen LogP contribution in [0.25, 0.3) is 0 Å². The lowest BCUT2D eigenvalue weighted by Gasteiger charge is -2.25. The van der Waals surface area contributed by atoms with Crippen molar-refractivity contribution in [1.29, 1.82) is 0 Å². The number of hydrogen-bond donors (Lipinski definition) is 2. The molecule has 0 radical (unpaired) electrons. The number of rotatable bonds is 2. The first-order valence-electron chi connectivity index (χ1n) is 5.39. The van der Waals surface area contributed by atoms with Crippen LogP contribution in [0.1, 0.15) is 18.1 Å². The SMILES string of the molecule is CCNC(=O)C1Cc2ccccc2CN1. The normalized spacial score (nSPS) is 19.4. The molecule has 0 bridgehead atoms. The molecule has 2 N–H and O–H groups in total. The average Bonchev–Trinajstić information content (AvgIpc) is 2.29. The van der Waals surface area contributed by atoms with Gasteiger partial charge >= 0.3 is 0 Å². The molecule has 1 aliphatic rings. The first-order valence-corrected chi connectivity index (χ1v) is 5.39. The number of nitrogens with one attached hydrogen (secondary N) is 2. The van der Waals surface area contributed by atoms with Gasteiger partial charge in [-0.2, -0.15) is 0 Å². The van der Waals surface area contributed by atoms with E-state index in [1.807, 2.05) is 19.1 Å². The monoisotopic (exact) mass is 204 g/mol. The molecule has 0 saturated carbocycles. The molecule has 0 saturated heterocycles. The van der Waals surface area contributed by atoms with E-state index in [9.17, 15) is 4.79 Å². The van der Waals surface area contributed by atoms with Crippen LogP contribution in [0.3, 0.4) is 0 Å². The molecule has 3 heteroatoms. The Labute approximate surface area is 89.9 Å². The molecule has 1 aromatic rings. The van der Waals surface area contributed by atoms with Crippen LogP contribution in [-0.4, -0.2) is 18.5 Å². The highest BCUT2D eigenvalue weighted by molar-refractivity contribution is 5.82. The van der Waals surface area contributed by atoms with Crippen LogP contribution in [0.5, 0.6) is 0 Å². The largest absolute Gasteiger partial charge is 0.355 e. The standard InChI is InChI=1S/C12H16N2O/c1-2-13-12(15)11-7-9-5-3-4-6-10(9)8-14-11/h3-6,11,14H,2,7-8H2,1H3,(H,13,15). The van der Waals surface area contributed by atoms with Crippen LogP contribution < -0.4 is 10.6 Å². The van der Waals surface area contributed by atoms with Crippen LogP contribution in [0.4, 0.5) is 0 Å². The fraction of sp³-hybridized carbons (Fsp3) is 0.417. The summed E-state index contributed by atoms with van der Waals surface area (Å²) in [5, 5.41) is 6.09. The van der Waals surface area contributed by atoms with Crippen LogP contribution in [0.15, 0.2) is 24.3 Å². The third-order valence-corrected chi connectivity index (χ3v) is 2.75. The number of carbonyl (C=O) groups is 1. The third-order valence-electron chi connectivity index (χ3n) is 2.75. The van der Waals surface area contributed by atoms with Gasteiger partial charge in [0.1, 0.15) is 0 Å². The summed E-state index contributed by atoms with van der Waals surface area (Å²) in [6, 6.07) is 8.20. The molecule has 0 fully saturated rings. The molecule has 80 valence electrons. The lowest BCUT2D eigenvalue weighted by molar-refractivity contribution is -0.123. The first kappa shape index (κ1) is 10.2. The number of hydrogen-bond acceptors (Lipinski definition) is 2. The second-order valence-corrected chi connectivity index (χ2v) is 3.80. The van der Waals surface area contributed by atoms with Crippen molar-refractivity contribution in [2.24, 2.45) is 0 Å². The Morgan fingerprint density at radius 1 is 1.47 bits per heavy atom. The predicted molar refractivity (Wildman–Crippen MR) is 59.5 cm³/mol. The molecular weight excluding hydrogens is 188 g/mol. The van der Waals surface area contributed by atoms with Crippen molar-refractivity contribution in [1.82, 2.24) is 10.6 Å². The fourth-order valence-corrected chi connectivity index (χ4v) is 1.94. The smallest absolute Gasteiger partial charge is 0.237 e. The van der Waals surface area contributed by atoms with Gasteiger partial charge in [0.05, 0.1) is 6.04 Å². The maximum absolute atomic E-state index is 11.6. The van der Waals surface area contributed by atoms with Crippen molar-refractivity contribution < 1.29 is 4.79 Å². The van der Waals surface area contributed by atoms with E-state index < -0.39 is 0 Å². The van der Waals surface area contributed by atoms with E-state index in [4.69, 9.17) is 0 Å². The van der Waals surface area contributed by atoms with E-state index in [0.29, 0.717) is 6.54 Å². The summed E-state index contributed by atoms with van der Waals surface area (Å²) < 4.78 is 0. The van der Waals surface area contributed by atoms with Crippen molar-refractivity contribution in [3.8, 4) is 0 Å². The van der Waals surface area contributed by atoms with E-state index in [0.717, 1.165) is 13.0 Å². The molecule has 1 unspecified atom stereocenters. The van der Waals surface area contributed by atoms with Gasteiger partial charge in [-0.3, -0.25) is 4.79 Å². The molecule has 1 atom stereocenters. The summed E-state index contributed by atoms with van der Waals surface area (Å²) >= 11 is 0. The minimum atomic E-state index is -0.0696. The lowest BCUT2D eigenvalue weighted by atomic mass is 9.95. The van der Waals surface area contributed by atoms with Crippen LogP contribution in [0, 0.1) is 0 Å². The van der Waals surface area contributed by atoms with Crippen molar-refractivity contribution in [3.63, 3.8) is 0 Å². The maximum atomic E-state index is 11.6. The molecule has 1 aromatic carbocycles. The molecule has 2 rings (SSSR count). The molecule has 0 aliphatic carbocycles. The molecular formula is C12H16N2O. The Morgan fingerprint density at radius 2 is 2.20 bits per heavy atom. The third kappa shape index (κ3) is 2.18. The highest BCUT2D eigenvalue weighted by Crippen LogP contribution is 2.15. The number of benzene rings is 1. The lowest BCUT2D eigenvalue weighted by Crippen LogP contribution is -2.47. The fourth-order valence-electron chi connectivity index (χ4n) is 1.94. The molecule has 0 aromatic heterocycles. The Bertz CT molecular complexity index is 362. The van der Waals surface area contributed by atoms with Gasteiger partial charge in [-0.05, 0) is 24.5 Å². The second kappa shape index (κ2) is 4.45. The van der Waals surface area contributed by atoms with Gasteiger partial charge in [-0.15, -0.1) is 0 Å². The topological polar surface area (TPSA) is 41.1 Å². The Balaban J connectivity index is 2.08. The van der Waals surface area contributed by atoms with Gasteiger partial charge in [0, 0.05) is 13.1 Å². The number of likely N-dealkylation sites (N-methyl/N-ethyl adjacent to an activating group) is 1. The number of fused-ring (bicyclic) bond motifs is 1. The summed E-state index contributed by atoms with van der Waals surface area (Å²) in [5.41, 5.74) is 2.59. The van der Waals surface area contributed by atoms with Gasteiger partial charge in [-0.25, -0.2) is 0 Å². The molecule has 1 aliphatic heterocycles. The minimum Gasteiger partial charge on any atom is -0.355 e. The van der Waals surface area contributed by atoms with Gasteiger partial charge in [-0.1, -0.05) is 24.3 Å². The summed E-state index contributed by atoms with van der Waals surface area (Å²) in [5.74, 6) is 0.104. The van der Waals surface area contributed by atoms with Gasteiger partial charge in [0.25, 0.3) is 0 Å². The zero-order valence-corrected chi connectivity index (χ0v) is 8.92. The molecule has 3 nitrogen and oxygen atoms in total. The molecule has 1 heterocycles. The Hall–Kier alpha value is -1.35. The van der Waals surface area contributed by atoms with Crippen LogP contribution in [-0.2, 0) is 17.8 Å². The van der Waals surface area contributed by atoms with Gasteiger partial charge < -0.3 is 10.6 Å². The summed E-state index contributed by atoms with van der Waals surface area (Å²) in [4.78, 5) is 11.6. The summed E-state index contributed by atoms with van der Waals surface area (Å²) in [6.45, 7) is 3.42. The molecule has 0 spiro atoms. The Morgan fingerprint density at radius 3 is 2.93 bits per heavy atom. The van der Waals surface area contributed by atoms with Crippen molar-refractivity contribution >= 4 is 5.91 Å². The Kier molecular flexibility index (Phi) is 3.02. The second-order valence-electron chi connectivity index (χ2n) is 3.80. The van der Waals surface area contributed by atoms with Gasteiger partial charge in [0.2, 0.25) is 5.91 Å². The van der Waals surface area contributed by atoms with E-state index in [2.05, 4.69) is 22.8 Å². The predicted octanol–water partition coefficient (Wildman–Crippen LogP) is 0.837. The molecule has 1 amide bonds. The first-order chi connectivity index (χ1) is 7.31. The van der Waals surface area contributed by atoms with E-state index in [1.54, 1.807) is 0 Å². The average molecular weight is 204 g/mol. The number of carbonyl (C=O) groups excluding carboxylic acids is 1. The number of amides is 1. The zero-order valence-electron chi connectivity index (χ0n) is 8.92. The minimum absolute atomic E-state index is 0.0696. The summed E-state index contributed by atoms with van der Waals surface area (Å²) in [6.07, 6.45) is 0.794. The van der Waals surface area contributed by atoms with Crippen LogP contribution >= 0.6 is 0 Å². The van der Waals surface area contributed by atoms with Crippen molar-refractivity contribution in [3.05, 3.63) is 35.4 Å². The molecule has 15 heavy (non-hydrogen) atoms. The quantitative estimate of drug-likeness (QED) is 0.749. The highest BCUT2D eigenvalue weighted by Gasteiger charge is 2.22. The summed E-state index contributed by atoms with van der Waals surface area (Å²) in [7, 11) is 0. The van der Waals surface area contributed by atoms with Crippen LogP contribution in [0.2, 0.25) is 0 Å². The maximum Gasteiger partial charge on any atom is 0.237 e. The van der Waals surface area contributed by atoms with Crippen molar-refractivity contribution in [2.75, 3.05) is 6.54 Å². The highest BCUT2D eigenvalue weighted by atomic mass is 16.2. The van der Waals surface area contributed by atoms with E-state index >= 15 is 0 Å².